The van der Waals surface area contributed by atoms with Gasteiger partial charge in [0.05, 0.1) is 0 Å². The predicted molar refractivity (Wildman–Crippen MR) is 42.0 cm³/mol. The summed E-state index contributed by atoms with van der Waals surface area (Å²) >= 11 is 0. The SMILES string of the molecule is CNc1ccccc1.NO. The van der Waals surface area contributed by atoms with E-state index in [1.54, 1.807) is 0 Å². The van der Waals surface area contributed by atoms with E-state index in [0.29, 0.717) is 0 Å². The molecule has 10 heavy (non-hydrogen) atoms. The topological polar surface area (TPSA) is 58.3 Å². The van der Waals surface area contributed by atoms with Crippen LogP contribution in [0.15, 0.2) is 30.3 Å². The van der Waals surface area contributed by atoms with Gasteiger partial charge in [0, 0.05) is 12.7 Å². The number of rotatable bonds is 1. The Labute approximate surface area is 60.4 Å². The maximum absolute atomic E-state index is 6.50. The summed E-state index contributed by atoms with van der Waals surface area (Å²) in [6, 6.07) is 10.1. The van der Waals surface area contributed by atoms with E-state index in [1.165, 1.54) is 0 Å². The fourth-order valence-electron chi connectivity index (χ4n) is 0.605. The number of para-hydroxylation sites is 1. The normalized spacial score (nSPS) is 7.50. The van der Waals surface area contributed by atoms with Gasteiger partial charge in [-0.05, 0) is 12.1 Å². The van der Waals surface area contributed by atoms with Crippen LogP contribution in [-0.2, 0) is 0 Å². The molecule has 0 saturated heterocycles. The molecule has 1 aromatic rings. The molecular weight excluding hydrogens is 128 g/mol. The Hall–Kier alpha value is -1.06. The van der Waals surface area contributed by atoms with Crippen LogP contribution in [0.3, 0.4) is 0 Å². The van der Waals surface area contributed by atoms with Gasteiger partial charge in [0.1, 0.15) is 0 Å². The Morgan fingerprint density at radius 3 is 2.00 bits per heavy atom. The summed E-state index contributed by atoms with van der Waals surface area (Å²) < 4.78 is 0. The molecule has 3 nitrogen and oxygen atoms in total. The summed E-state index contributed by atoms with van der Waals surface area (Å²) in [5.74, 6) is 3.50. The van der Waals surface area contributed by atoms with Gasteiger partial charge in [0.2, 0.25) is 0 Å². The zero-order valence-electron chi connectivity index (χ0n) is 5.91. The average Bonchev–Trinajstić information content (AvgIpc) is 2.10. The molecule has 0 aromatic heterocycles. The average molecular weight is 140 g/mol. The third-order valence-electron chi connectivity index (χ3n) is 1.06. The summed E-state index contributed by atoms with van der Waals surface area (Å²) in [6.07, 6.45) is 0. The number of hydrogen-bond donors (Lipinski definition) is 3. The monoisotopic (exact) mass is 140 g/mol. The second-order valence-electron chi connectivity index (χ2n) is 1.62. The molecule has 0 heterocycles. The molecule has 0 unspecified atom stereocenters. The van der Waals surface area contributed by atoms with Crippen LogP contribution in [0.2, 0.25) is 0 Å². The van der Waals surface area contributed by atoms with Gasteiger partial charge >= 0.3 is 0 Å². The van der Waals surface area contributed by atoms with Gasteiger partial charge in [-0.15, -0.1) is 0 Å². The highest BCUT2D eigenvalue weighted by Gasteiger charge is 1.77. The molecule has 0 bridgehead atoms. The first kappa shape index (κ1) is 8.94. The van der Waals surface area contributed by atoms with Crippen LogP contribution in [0.25, 0.3) is 0 Å². The maximum Gasteiger partial charge on any atom is 0.0337 e. The number of nitrogens with two attached hydrogens (primary N) is 1. The van der Waals surface area contributed by atoms with Gasteiger partial charge in [-0.25, -0.2) is 5.90 Å². The van der Waals surface area contributed by atoms with Crippen molar-refractivity contribution in [3.8, 4) is 0 Å². The fourth-order valence-corrected chi connectivity index (χ4v) is 0.605. The first-order valence-corrected chi connectivity index (χ1v) is 2.92. The Morgan fingerprint density at radius 2 is 1.70 bits per heavy atom. The van der Waals surface area contributed by atoms with Crippen molar-refractivity contribution in [3.63, 3.8) is 0 Å². The standard InChI is InChI=1S/C7H9N.H3NO/c1-8-7-5-3-2-4-6-7;1-2/h2-6,8H,1H3;2H,1H2. The van der Waals surface area contributed by atoms with E-state index in [9.17, 15) is 0 Å². The van der Waals surface area contributed by atoms with Gasteiger partial charge in [-0.3, -0.25) is 0 Å². The lowest BCUT2D eigenvalue weighted by atomic mass is 10.3. The molecule has 0 spiro atoms. The molecular formula is C7H12N2O. The van der Waals surface area contributed by atoms with Crippen molar-refractivity contribution in [1.29, 1.82) is 0 Å². The van der Waals surface area contributed by atoms with E-state index in [0.717, 1.165) is 5.69 Å². The third kappa shape index (κ3) is 3.06. The number of benzene rings is 1. The van der Waals surface area contributed by atoms with E-state index in [4.69, 9.17) is 5.21 Å². The lowest BCUT2D eigenvalue weighted by Gasteiger charge is -1.94. The maximum atomic E-state index is 6.50. The van der Waals surface area contributed by atoms with Crippen LogP contribution < -0.4 is 11.2 Å². The lowest BCUT2D eigenvalue weighted by molar-refractivity contribution is 0.311. The third-order valence-corrected chi connectivity index (χ3v) is 1.06. The Balaban J connectivity index is 0.000000371. The van der Waals surface area contributed by atoms with Crippen LogP contribution in [-0.4, -0.2) is 12.3 Å². The minimum Gasteiger partial charge on any atom is -0.388 e. The Morgan fingerprint density at radius 1 is 1.20 bits per heavy atom. The lowest BCUT2D eigenvalue weighted by Crippen LogP contribution is -1.84. The van der Waals surface area contributed by atoms with Gasteiger partial charge in [-0.1, -0.05) is 18.2 Å². The first-order chi connectivity index (χ1) is 4.93. The molecule has 1 aromatic carbocycles. The van der Waals surface area contributed by atoms with E-state index in [-0.39, 0.29) is 0 Å². The molecule has 4 N–H and O–H groups in total. The van der Waals surface area contributed by atoms with Crippen molar-refractivity contribution in [3.05, 3.63) is 30.3 Å². The van der Waals surface area contributed by atoms with Crippen LogP contribution >= 0.6 is 0 Å². The smallest absolute Gasteiger partial charge is 0.0337 e. The summed E-state index contributed by atoms with van der Waals surface area (Å²) in [4.78, 5) is 0. The molecule has 0 aliphatic carbocycles. The van der Waals surface area contributed by atoms with E-state index in [2.05, 4.69) is 11.2 Å². The molecule has 0 amide bonds. The van der Waals surface area contributed by atoms with E-state index < -0.39 is 0 Å². The first-order valence-electron chi connectivity index (χ1n) is 2.92. The van der Waals surface area contributed by atoms with Gasteiger partial charge < -0.3 is 10.5 Å². The van der Waals surface area contributed by atoms with Gasteiger partial charge in [0.25, 0.3) is 0 Å². The molecule has 3 heteroatoms. The molecule has 0 saturated carbocycles. The molecule has 0 atom stereocenters. The number of hydrogen-bond acceptors (Lipinski definition) is 3. The van der Waals surface area contributed by atoms with Crippen molar-refractivity contribution in [2.75, 3.05) is 12.4 Å². The number of nitrogens with one attached hydrogen (secondary N) is 1. The highest BCUT2D eigenvalue weighted by molar-refractivity contribution is 5.41. The molecule has 0 radical (unpaired) electrons. The van der Waals surface area contributed by atoms with Crippen molar-refractivity contribution in [2.24, 2.45) is 5.90 Å². The Bertz CT molecular complexity index is 153. The van der Waals surface area contributed by atoms with Crippen molar-refractivity contribution in [2.45, 2.75) is 0 Å². The Kier molecular flexibility index (Phi) is 5.42. The summed E-state index contributed by atoms with van der Waals surface area (Å²) in [7, 11) is 1.91. The van der Waals surface area contributed by atoms with Gasteiger partial charge in [-0.2, -0.15) is 0 Å². The zero-order chi connectivity index (χ0) is 7.82. The minimum atomic E-state index is 1.16. The summed E-state index contributed by atoms with van der Waals surface area (Å²) in [5, 5.41) is 9.53. The summed E-state index contributed by atoms with van der Waals surface area (Å²) in [5.41, 5.74) is 1.16. The molecule has 56 valence electrons. The molecule has 0 aliphatic heterocycles. The zero-order valence-corrected chi connectivity index (χ0v) is 5.91. The largest absolute Gasteiger partial charge is 0.388 e. The predicted octanol–water partition coefficient (Wildman–Crippen LogP) is 1.06. The number of anilines is 1. The van der Waals surface area contributed by atoms with Crippen LogP contribution in [0.4, 0.5) is 5.69 Å². The highest BCUT2D eigenvalue weighted by atomic mass is 16.4. The fraction of sp³-hybridized carbons (Fsp3) is 0.143. The van der Waals surface area contributed by atoms with Crippen molar-refractivity contribution in [1.82, 2.24) is 0 Å². The molecule has 1 rings (SSSR count). The van der Waals surface area contributed by atoms with Crippen LogP contribution in [0, 0.1) is 0 Å². The van der Waals surface area contributed by atoms with E-state index >= 15 is 0 Å². The quantitative estimate of drug-likeness (QED) is 0.511. The molecule has 0 aliphatic rings. The van der Waals surface area contributed by atoms with Crippen molar-refractivity contribution < 1.29 is 5.21 Å². The van der Waals surface area contributed by atoms with Gasteiger partial charge in [0.15, 0.2) is 0 Å². The van der Waals surface area contributed by atoms with E-state index in [1.807, 2.05) is 37.4 Å². The minimum absolute atomic E-state index is 1.16. The molecule has 0 fully saturated rings. The van der Waals surface area contributed by atoms with Crippen LogP contribution in [0.1, 0.15) is 0 Å². The second kappa shape index (κ2) is 6.07. The highest BCUT2D eigenvalue weighted by Crippen LogP contribution is 2.01. The second-order valence-corrected chi connectivity index (χ2v) is 1.62. The van der Waals surface area contributed by atoms with Crippen LogP contribution in [0.5, 0.6) is 0 Å². The van der Waals surface area contributed by atoms with Crippen molar-refractivity contribution >= 4 is 5.69 Å². The summed E-state index contributed by atoms with van der Waals surface area (Å²) in [6.45, 7) is 0.